The highest BCUT2D eigenvalue weighted by Crippen LogP contribution is 2.24. The van der Waals surface area contributed by atoms with Crippen LogP contribution in [0.4, 0.5) is 4.79 Å². The van der Waals surface area contributed by atoms with Crippen molar-refractivity contribution < 1.29 is 9.53 Å². The summed E-state index contributed by atoms with van der Waals surface area (Å²) in [5.74, 6) is 0.617. The van der Waals surface area contributed by atoms with E-state index >= 15 is 0 Å². The highest BCUT2D eigenvalue weighted by molar-refractivity contribution is 9.10. The van der Waals surface area contributed by atoms with Gasteiger partial charge in [0.25, 0.3) is 0 Å². The highest BCUT2D eigenvalue weighted by atomic mass is 79.9. The molecule has 6 heteroatoms. The van der Waals surface area contributed by atoms with Crippen molar-refractivity contribution in [3.05, 3.63) is 16.9 Å². The number of amides is 1. The molecule has 0 spiro atoms. The molecular weight excluding hydrogens is 324 g/mol. The number of ether oxygens (including phenoxy) is 1. The minimum absolute atomic E-state index is 0.309. The molecule has 106 valence electrons. The standard InChI is InChI=1S/C13H21BrN2O2Si/c1-6-16(7-2)13(17)18-12-10(14)8-15-9-11(12)19(3,4)5/h8-9H,6-7H2,1-5H3. The average molecular weight is 345 g/mol. The first-order chi connectivity index (χ1) is 8.81. The molecule has 0 radical (unpaired) electrons. The zero-order valence-corrected chi connectivity index (χ0v) is 14.7. The Balaban J connectivity index is 3.10. The Hall–Kier alpha value is -0.883. The molecule has 1 heterocycles. The molecule has 0 aromatic carbocycles. The molecule has 0 atom stereocenters. The fraction of sp³-hybridized carbons (Fsp3) is 0.538. The third kappa shape index (κ3) is 4.04. The summed E-state index contributed by atoms with van der Waals surface area (Å²) in [6, 6.07) is 0. The molecule has 0 N–H and O–H groups in total. The van der Waals surface area contributed by atoms with Gasteiger partial charge in [-0.1, -0.05) is 19.6 Å². The number of pyridine rings is 1. The van der Waals surface area contributed by atoms with Crippen molar-refractivity contribution in [1.82, 2.24) is 9.88 Å². The number of carbonyl (C=O) groups excluding carboxylic acids is 1. The number of hydrogen-bond donors (Lipinski definition) is 0. The molecule has 1 aromatic rings. The van der Waals surface area contributed by atoms with E-state index in [-0.39, 0.29) is 6.09 Å². The van der Waals surface area contributed by atoms with Crippen LogP contribution in [0, 0.1) is 0 Å². The number of hydrogen-bond acceptors (Lipinski definition) is 3. The molecule has 0 saturated carbocycles. The number of nitrogens with zero attached hydrogens (tertiary/aromatic N) is 2. The van der Waals surface area contributed by atoms with E-state index in [1.807, 2.05) is 20.0 Å². The Labute approximate surface area is 124 Å². The quantitative estimate of drug-likeness (QED) is 0.787. The second-order valence-corrected chi connectivity index (χ2v) is 11.2. The second kappa shape index (κ2) is 6.52. The Kier molecular flexibility index (Phi) is 5.55. The second-order valence-electron chi connectivity index (χ2n) is 5.29. The number of aromatic nitrogens is 1. The van der Waals surface area contributed by atoms with Crippen LogP contribution in [0.2, 0.25) is 19.6 Å². The zero-order valence-electron chi connectivity index (χ0n) is 12.2. The van der Waals surface area contributed by atoms with E-state index in [0.29, 0.717) is 18.8 Å². The summed E-state index contributed by atoms with van der Waals surface area (Å²) in [7, 11) is -1.62. The van der Waals surface area contributed by atoms with Crippen LogP contribution in [-0.4, -0.2) is 37.1 Å². The predicted molar refractivity (Wildman–Crippen MR) is 83.9 cm³/mol. The summed E-state index contributed by atoms with van der Waals surface area (Å²) in [4.78, 5) is 17.9. The fourth-order valence-electron chi connectivity index (χ4n) is 1.69. The van der Waals surface area contributed by atoms with Crippen molar-refractivity contribution in [2.75, 3.05) is 13.1 Å². The van der Waals surface area contributed by atoms with Crippen molar-refractivity contribution in [2.24, 2.45) is 0 Å². The SMILES string of the molecule is CCN(CC)C(=O)Oc1c(Br)cncc1[Si](C)(C)C. The van der Waals surface area contributed by atoms with Crippen LogP contribution in [0.25, 0.3) is 0 Å². The van der Waals surface area contributed by atoms with Crippen LogP contribution in [-0.2, 0) is 0 Å². The Morgan fingerprint density at radius 3 is 2.37 bits per heavy atom. The van der Waals surface area contributed by atoms with Gasteiger partial charge in [0, 0.05) is 30.7 Å². The molecule has 0 aliphatic carbocycles. The lowest BCUT2D eigenvalue weighted by molar-refractivity contribution is 0.157. The van der Waals surface area contributed by atoms with E-state index in [9.17, 15) is 4.79 Å². The molecule has 4 nitrogen and oxygen atoms in total. The topological polar surface area (TPSA) is 42.4 Å². The van der Waals surface area contributed by atoms with Crippen molar-refractivity contribution in [3.8, 4) is 5.75 Å². The van der Waals surface area contributed by atoms with Gasteiger partial charge in [-0.05, 0) is 29.8 Å². The largest absolute Gasteiger partial charge is 0.415 e. The van der Waals surface area contributed by atoms with Crippen LogP contribution in [0.5, 0.6) is 5.75 Å². The van der Waals surface area contributed by atoms with E-state index in [0.717, 1.165) is 9.66 Å². The maximum Gasteiger partial charge on any atom is 0.415 e. The lowest BCUT2D eigenvalue weighted by Gasteiger charge is -2.23. The van der Waals surface area contributed by atoms with Crippen LogP contribution >= 0.6 is 15.9 Å². The maximum atomic E-state index is 12.1. The Bertz CT molecular complexity index is 456. The first-order valence-corrected chi connectivity index (χ1v) is 10.7. The van der Waals surface area contributed by atoms with E-state index in [4.69, 9.17) is 4.74 Å². The van der Waals surface area contributed by atoms with E-state index in [2.05, 4.69) is 40.6 Å². The van der Waals surface area contributed by atoms with Gasteiger partial charge in [0.15, 0.2) is 0 Å². The molecule has 0 fully saturated rings. The van der Waals surface area contributed by atoms with E-state index in [1.54, 1.807) is 11.1 Å². The summed E-state index contributed by atoms with van der Waals surface area (Å²) in [6.45, 7) is 11.7. The van der Waals surface area contributed by atoms with Gasteiger partial charge < -0.3 is 9.64 Å². The summed E-state index contributed by atoms with van der Waals surface area (Å²) >= 11 is 3.43. The number of carbonyl (C=O) groups is 1. The first kappa shape index (κ1) is 16.2. The monoisotopic (exact) mass is 344 g/mol. The molecule has 0 saturated heterocycles. The van der Waals surface area contributed by atoms with Gasteiger partial charge in [0.1, 0.15) is 5.75 Å². The van der Waals surface area contributed by atoms with Crippen molar-refractivity contribution >= 4 is 35.3 Å². The fourth-order valence-corrected chi connectivity index (χ4v) is 3.62. The van der Waals surface area contributed by atoms with Gasteiger partial charge in [-0.3, -0.25) is 4.98 Å². The molecule has 0 aliphatic rings. The summed E-state index contributed by atoms with van der Waals surface area (Å²) < 4.78 is 6.31. The molecule has 0 bridgehead atoms. The molecule has 1 aromatic heterocycles. The molecule has 19 heavy (non-hydrogen) atoms. The van der Waals surface area contributed by atoms with Crippen LogP contribution < -0.4 is 9.92 Å². The zero-order chi connectivity index (χ0) is 14.6. The molecule has 0 aliphatic heterocycles. The summed E-state index contributed by atoms with van der Waals surface area (Å²) in [5.41, 5.74) is 0. The maximum absolute atomic E-state index is 12.1. The molecule has 1 amide bonds. The van der Waals surface area contributed by atoms with E-state index in [1.165, 1.54) is 0 Å². The Morgan fingerprint density at radius 2 is 1.89 bits per heavy atom. The van der Waals surface area contributed by atoms with Gasteiger partial charge >= 0.3 is 6.09 Å². The van der Waals surface area contributed by atoms with Gasteiger partial charge in [-0.25, -0.2) is 4.79 Å². The van der Waals surface area contributed by atoms with Crippen LogP contribution in [0.3, 0.4) is 0 Å². The lowest BCUT2D eigenvalue weighted by Crippen LogP contribution is -2.41. The number of rotatable bonds is 4. The molecule has 1 rings (SSSR count). The van der Waals surface area contributed by atoms with E-state index < -0.39 is 8.07 Å². The van der Waals surface area contributed by atoms with Gasteiger partial charge in [-0.15, -0.1) is 0 Å². The van der Waals surface area contributed by atoms with Gasteiger partial charge in [0.05, 0.1) is 12.5 Å². The summed E-state index contributed by atoms with van der Waals surface area (Å²) in [6.07, 6.45) is 3.16. The number of halogens is 1. The van der Waals surface area contributed by atoms with Crippen molar-refractivity contribution in [2.45, 2.75) is 33.5 Å². The van der Waals surface area contributed by atoms with Crippen LogP contribution in [0.1, 0.15) is 13.8 Å². The third-order valence-electron chi connectivity index (χ3n) is 2.87. The highest BCUT2D eigenvalue weighted by Gasteiger charge is 2.25. The third-order valence-corrected chi connectivity index (χ3v) is 5.41. The van der Waals surface area contributed by atoms with Gasteiger partial charge in [0.2, 0.25) is 0 Å². The van der Waals surface area contributed by atoms with Crippen molar-refractivity contribution in [1.29, 1.82) is 0 Å². The lowest BCUT2D eigenvalue weighted by atomic mass is 10.4. The Morgan fingerprint density at radius 1 is 1.32 bits per heavy atom. The average Bonchev–Trinajstić information content (AvgIpc) is 2.32. The minimum Gasteiger partial charge on any atom is -0.409 e. The van der Waals surface area contributed by atoms with Crippen LogP contribution in [0.15, 0.2) is 16.9 Å². The smallest absolute Gasteiger partial charge is 0.409 e. The summed E-state index contributed by atoms with van der Waals surface area (Å²) in [5, 5.41) is 1.04. The molecular formula is C13H21BrN2O2Si. The van der Waals surface area contributed by atoms with Crippen molar-refractivity contribution in [3.63, 3.8) is 0 Å². The first-order valence-electron chi connectivity index (χ1n) is 6.42. The van der Waals surface area contributed by atoms with Gasteiger partial charge in [-0.2, -0.15) is 0 Å². The predicted octanol–water partition coefficient (Wildman–Crippen LogP) is 3.23. The normalized spacial score (nSPS) is 11.3. The minimum atomic E-state index is -1.62. The molecule has 0 unspecified atom stereocenters.